The number of benzene rings is 1. The first-order valence-electron chi connectivity index (χ1n) is 13.3. The maximum atomic E-state index is 14.0. The number of fused-ring (bicyclic) bond motifs is 3. The van der Waals surface area contributed by atoms with Crippen LogP contribution in [0, 0.1) is 11.8 Å². The van der Waals surface area contributed by atoms with E-state index in [0.717, 1.165) is 0 Å². The number of carbonyl (C=O) groups is 4. The van der Waals surface area contributed by atoms with Crippen LogP contribution in [0.1, 0.15) is 27.9 Å². The fraction of sp³-hybridized carbons (Fsp3) is 0.500. The SMILES string of the molecule is COCCOC(=O)NCc1cc(N(C)C)c2c(c1O)C(=O)C1=C(O)C3(O)C(=O)C(C(N)=O)=C(O)C(N(C)C)C3CC1C2. The van der Waals surface area contributed by atoms with Gasteiger partial charge in [-0.3, -0.25) is 19.3 Å². The lowest BCUT2D eigenvalue weighted by Gasteiger charge is -2.50. The Morgan fingerprint density at radius 3 is 2.38 bits per heavy atom. The summed E-state index contributed by atoms with van der Waals surface area (Å²) in [6.07, 6.45) is -0.644. The van der Waals surface area contributed by atoms with Crippen LogP contribution in [-0.4, -0.2) is 109 Å². The van der Waals surface area contributed by atoms with E-state index in [1.54, 1.807) is 39.2 Å². The maximum Gasteiger partial charge on any atom is 0.407 e. The largest absolute Gasteiger partial charge is 0.510 e. The number of aromatic hydroxyl groups is 1. The molecule has 1 aromatic carbocycles. The zero-order valence-corrected chi connectivity index (χ0v) is 24.1. The Hall–Kier alpha value is -4.14. The molecule has 0 saturated heterocycles. The number of nitrogens with zero attached hydrogens (tertiary/aromatic N) is 2. The molecule has 42 heavy (non-hydrogen) atoms. The lowest BCUT2D eigenvalue weighted by atomic mass is 9.58. The molecule has 0 bridgehead atoms. The Labute approximate surface area is 242 Å². The van der Waals surface area contributed by atoms with E-state index < -0.39 is 69.9 Å². The normalized spacial score (nSPS) is 25.2. The number of Topliss-reactive ketones (excluding diaryl/α,β-unsaturated/α-hetero) is 2. The van der Waals surface area contributed by atoms with Gasteiger partial charge in [-0.2, -0.15) is 0 Å². The number of rotatable bonds is 8. The van der Waals surface area contributed by atoms with Crippen molar-refractivity contribution in [3.63, 3.8) is 0 Å². The minimum atomic E-state index is -2.73. The maximum absolute atomic E-state index is 14.0. The highest BCUT2D eigenvalue weighted by Crippen LogP contribution is 2.53. The number of amides is 2. The minimum Gasteiger partial charge on any atom is -0.510 e. The highest BCUT2D eigenvalue weighted by atomic mass is 16.6. The second kappa shape index (κ2) is 11.3. The molecule has 4 rings (SSSR count). The van der Waals surface area contributed by atoms with Crippen molar-refractivity contribution in [2.24, 2.45) is 17.6 Å². The summed E-state index contributed by atoms with van der Waals surface area (Å²) < 4.78 is 9.82. The molecule has 0 saturated carbocycles. The van der Waals surface area contributed by atoms with Gasteiger partial charge in [0.25, 0.3) is 5.91 Å². The molecule has 0 aromatic heterocycles. The average Bonchev–Trinajstić information content (AvgIpc) is 2.89. The number of ether oxygens (including phenoxy) is 2. The summed E-state index contributed by atoms with van der Waals surface area (Å²) in [6, 6.07) is 0.555. The number of alkyl carbamates (subject to hydrolysis) is 1. The van der Waals surface area contributed by atoms with Crippen LogP contribution in [0.3, 0.4) is 0 Å². The van der Waals surface area contributed by atoms with Crippen LogP contribution >= 0.6 is 0 Å². The number of primary amides is 1. The zero-order valence-electron chi connectivity index (χ0n) is 24.1. The van der Waals surface area contributed by atoms with E-state index in [4.69, 9.17) is 15.2 Å². The van der Waals surface area contributed by atoms with Gasteiger partial charge in [-0.25, -0.2) is 4.79 Å². The third kappa shape index (κ3) is 4.74. The fourth-order valence-corrected chi connectivity index (χ4v) is 6.32. The van der Waals surface area contributed by atoms with Crippen LogP contribution < -0.4 is 16.0 Å². The summed E-state index contributed by atoms with van der Waals surface area (Å²) in [6.45, 7) is 0.00294. The number of anilines is 1. The predicted molar refractivity (Wildman–Crippen MR) is 148 cm³/mol. The van der Waals surface area contributed by atoms with Gasteiger partial charge in [0, 0.05) is 50.5 Å². The number of likely N-dealkylation sites (N-methyl/N-ethyl adjacent to an activating group) is 1. The van der Waals surface area contributed by atoms with Crippen LogP contribution in [0.25, 0.3) is 0 Å². The number of phenolic OH excluding ortho intramolecular Hbond substituents is 1. The first-order chi connectivity index (χ1) is 19.7. The van der Waals surface area contributed by atoms with Crippen molar-refractivity contribution >= 4 is 29.3 Å². The molecule has 0 spiro atoms. The summed E-state index contributed by atoms with van der Waals surface area (Å²) in [5, 5.41) is 47.8. The first kappa shape index (κ1) is 30.8. The molecular weight excluding hydrogens is 552 g/mol. The van der Waals surface area contributed by atoms with E-state index >= 15 is 0 Å². The molecule has 14 nitrogen and oxygen atoms in total. The number of hydrogen-bond donors (Lipinski definition) is 6. The van der Waals surface area contributed by atoms with Crippen molar-refractivity contribution in [3.05, 3.63) is 45.4 Å². The van der Waals surface area contributed by atoms with E-state index in [1.807, 2.05) is 0 Å². The molecule has 0 heterocycles. The van der Waals surface area contributed by atoms with Gasteiger partial charge < -0.3 is 45.9 Å². The van der Waals surface area contributed by atoms with Gasteiger partial charge in [0.1, 0.15) is 29.4 Å². The number of aliphatic hydroxyl groups is 3. The standard InChI is InChI=1S/C28H36N4O10/c1-31(2)16-10-13(11-30-27(39)42-7-6-41-5)21(33)18-14(16)8-12-9-15-20(32(3)4)23(35)19(26(29)38)25(37)28(15,40)24(36)17(12)22(18)34/h10,12,15,20,33,35-36,40H,6-9,11H2,1-5H3,(H2,29,38)(H,30,39). The molecule has 228 valence electrons. The van der Waals surface area contributed by atoms with Gasteiger partial charge in [-0.1, -0.05) is 0 Å². The Balaban J connectivity index is 1.83. The van der Waals surface area contributed by atoms with Gasteiger partial charge in [-0.05, 0) is 44.5 Å². The monoisotopic (exact) mass is 588 g/mol. The summed E-state index contributed by atoms with van der Waals surface area (Å²) in [7, 11) is 8.08. The summed E-state index contributed by atoms with van der Waals surface area (Å²) in [5.74, 6) is -7.24. The molecule has 1 aromatic rings. The zero-order chi connectivity index (χ0) is 31.3. The predicted octanol–water partition coefficient (Wildman–Crippen LogP) is 0.0592. The Morgan fingerprint density at radius 2 is 1.81 bits per heavy atom. The van der Waals surface area contributed by atoms with Gasteiger partial charge in [-0.15, -0.1) is 0 Å². The number of nitrogens with two attached hydrogens (primary N) is 1. The fourth-order valence-electron chi connectivity index (χ4n) is 6.32. The highest BCUT2D eigenvalue weighted by Gasteiger charge is 2.63. The molecule has 3 aliphatic rings. The van der Waals surface area contributed by atoms with Crippen molar-refractivity contribution in [2.45, 2.75) is 31.0 Å². The first-order valence-corrected chi connectivity index (χ1v) is 13.3. The van der Waals surface area contributed by atoms with E-state index in [1.165, 1.54) is 12.0 Å². The molecule has 0 radical (unpaired) electrons. The van der Waals surface area contributed by atoms with E-state index in [-0.39, 0.29) is 49.3 Å². The number of ketones is 2. The van der Waals surface area contributed by atoms with Crippen LogP contribution in [0.2, 0.25) is 0 Å². The van der Waals surface area contributed by atoms with Crippen molar-refractivity contribution in [1.29, 1.82) is 0 Å². The number of hydrogen-bond acceptors (Lipinski definition) is 12. The van der Waals surface area contributed by atoms with E-state index in [0.29, 0.717) is 11.3 Å². The van der Waals surface area contributed by atoms with E-state index in [2.05, 4.69) is 5.32 Å². The molecule has 14 heteroatoms. The van der Waals surface area contributed by atoms with Crippen molar-refractivity contribution < 1.29 is 49.1 Å². The second-order valence-electron chi connectivity index (χ2n) is 11.1. The number of carbonyl (C=O) groups excluding carboxylic acids is 4. The quantitative estimate of drug-likeness (QED) is 0.176. The molecule has 2 amide bonds. The third-order valence-electron chi connectivity index (χ3n) is 8.20. The minimum absolute atomic E-state index is 0.0104. The smallest absolute Gasteiger partial charge is 0.407 e. The molecular formula is C28H36N4O10. The van der Waals surface area contributed by atoms with E-state index in [9.17, 15) is 39.6 Å². The van der Waals surface area contributed by atoms with Gasteiger partial charge >= 0.3 is 6.09 Å². The highest BCUT2D eigenvalue weighted by molar-refractivity contribution is 6.25. The molecule has 0 fully saturated rings. The molecule has 0 aliphatic heterocycles. The molecule has 7 N–H and O–H groups in total. The Kier molecular flexibility index (Phi) is 8.27. The lowest BCUT2D eigenvalue weighted by Crippen LogP contribution is -2.63. The van der Waals surface area contributed by atoms with Gasteiger partial charge in [0.05, 0.1) is 18.2 Å². The van der Waals surface area contributed by atoms with Crippen LogP contribution in [0.4, 0.5) is 10.5 Å². The second-order valence-corrected chi connectivity index (χ2v) is 11.1. The number of methoxy groups -OCH3 is 1. The van der Waals surface area contributed by atoms with Crippen LogP contribution in [0.15, 0.2) is 28.7 Å². The molecule has 4 atom stereocenters. The number of aliphatic hydroxyl groups excluding tert-OH is 2. The van der Waals surface area contributed by atoms with Crippen molar-refractivity contribution in [2.75, 3.05) is 53.4 Å². The summed E-state index contributed by atoms with van der Waals surface area (Å²) in [4.78, 5) is 54.9. The van der Waals surface area contributed by atoms with Crippen molar-refractivity contribution in [3.8, 4) is 5.75 Å². The number of nitrogens with one attached hydrogen (secondary N) is 1. The number of phenols is 1. The van der Waals surface area contributed by atoms with Gasteiger partial charge in [0.15, 0.2) is 11.4 Å². The number of allylic oxidation sites excluding steroid dienone is 1. The summed E-state index contributed by atoms with van der Waals surface area (Å²) >= 11 is 0. The third-order valence-corrected chi connectivity index (χ3v) is 8.20. The van der Waals surface area contributed by atoms with Gasteiger partial charge in [0.2, 0.25) is 5.78 Å². The lowest BCUT2D eigenvalue weighted by molar-refractivity contribution is -0.148. The average molecular weight is 589 g/mol. The van der Waals surface area contributed by atoms with Crippen molar-refractivity contribution in [1.82, 2.24) is 10.2 Å². The Bertz CT molecular complexity index is 1420. The topological polar surface area (TPSA) is 212 Å². The molecule has 4 unspecified atom stereocenters. The molecule has 3 aliphatic carbocycles. The Morgan fingerprint density at radius 1 is 1.14 bits per heavy atom. The van der Waals surface area contributed by atoms with Crippen LogP contribution in [0.5, 0.6) is 5.75 Å². The van der Waals surface area contributed by atoms with Crippen LogP contribution in [-0.2, 0) is 32.0 Å². The summed E-state index contributed by atoms with van der Waals surface area (Å²) in [5.41, 5.74) is 2.60.